The van der Waals surface area contributed by atoms with Gasteiger partial charge >= 0.3 is 6.03 Å². The second-order valence-corrected chi connectivity index (χ2v) is 4.52. The molecule has 0 heterocycles. The van der Waals surface area contributed by atoms with Crippen LogP contribution in [0.5, 0.6) is 0 Å². The van der Waals surface area contributed by atoms with Gasteiger partial charge in [-0.2, -0.15) is 0 Å². The van der Waals surface area contributed by atoms with E-state index in [0.29, 0.717) is 0 Å². The van der Waals surface area contributed by atoms with Crippen molar-refractivity contribution in [3.63, 3.8) is 0 Å². The van der Waals surface area contributed by atoms with Crippen LogP contribution in [-0.4, -0.2) is 12.1 Å². The Morgan fingerprint density at radius 1 is 1.36 bits per heavy atom. The van der Waals surface area contributed by atoms with Crippen LogP contribution in [0, 0.1) is 3.57 Å². The largest absolute Gasteiger partial charge is 0.351 e. The Morgan fingerprint density at radius 2 is 1.86 bits per heavy atom. The molecule has 0 fully saturated rings. The molecular weight excluding hydrogens is 291 g/mol. The molecule has 0 saturated heterocycles. The molecule has 0 aromatic heterocycles. The van der Waals surface area contributed by atoms with Crippen LogP contribution < -0.4 is 10.6 Å². The van der Waals surface area contributed by atoms with Crippen molar-refractivity contribution >= 4 is 34.3 Å². The first kappa shape index (κ1) is 11.3. The van der Waals surface area contributed by atoms with Gasteiger partial charge < -0.3 is 5.73 Å². The molecule has 0 bridgehead atoms. The van der Waals surface area contributed by atoms with Gasteiger partial charge in [-0.15, -0.1) is 0 Å². The molecular formula is C10H13IN2O. The average molecular weight is 304 g/mol. The number of anilines is 1. The highest BCUT2D eigenvalue weighted by molar-refractivity contribution is 14.1. The fourth-order valence-electron chi connectivity index (χ4n) is 1.28. The summed E-state index contributed by atoms with van der Waals surface area (Å²) < 4.78 is 1.14. The summed E-state index contributed by atoms with van der Waals surface area (Å²) >= 11 is 2.22. The van der Waals surface area contributed by atoms with Crippen LogP contribution in [0.1, 0.15) is 13.8 Å². The Morgan fingerprint density at radius 3 is 2.21 bits per heavy atom. The third-order valence-electron chi connectivity index (χ3n) is 1.86. The maximum absolute atomic E-state index is 11.2. The average Bonchev–Trinajstić information content (AvgIpc) is 2.07. The van der Waals surface area contributed by atoms with Crippen molar-refractivity contribution in [3.05, 3.63) is 27.8 Å². The molecule has 0 atom stereocenters. The van der Waals surface area contributed by atoms with E-state index in [0.717, 1.165) is 9.26 Å². The van der Waals surface area contributed by atoms with Crippen LogP contribution >= 0.6 is 22.6 Å². The summed E-state index contributed by atoms with van der Waals surface area (Å²) in [4.78, 5) is 12.7. The molecule has 1 rings (SSSR count). The Labute approximate surface area is 97.4 Å². The van der Waals surface area contributed by atoms with E-state index >= 15 is 0 Å². The number of urea groups is 1. The predicted molar refractivity (Wildman–Crippen MR) is 66.4 cm³/mol. The second-order valence-electron chi connectivity index (χ2n) is 3.28. The maximum atomic E-state index is 11.2. The normalized spacial score (nSPS) is 10.3. The summed E-state index contributed by atoms with van der Waals surface area (Å²) in [6.45, 7) is 3.87. The van der Waals surface area contributed by atoms with E-state index in [-0.39, 0.29) is 6.04 Å². The topological polar surface area (TPSA) is 46.3 Å². The van der Waals surface area contributed by atoms with Crippen LogP contribution in [0.15, 0.2) is 24.3 Å². The zero-order chi connectivity index (χ0) is 10.7. The van der Waals surface area contributed by atoms with E-state index in [9.17, 15) is 4.79 Å². The number of hydrogen-bond donors (Lipinski definition) is 1. The summed E-state index contributed by atoms with van der Waals surface area (Å²) in [5, 5.41) is 0. The fourth-order valence-corrected chi connectivity index (χ4v) is 1.64. The summed E-state index contributed by atoms with van der Waals surface area (Å²) in [6.07, 6.45) is 0. The lowest BCUT2D eigenvalue weighted by molar-refractivity contribution is 0.252. The van der Waals surface area contributed by atoms with Crippen molar-refractivity contribution < 1.29 is 4.79 Å². The molecule has 3 nitrogen and oxygen atoms in total. The van der Waals surface area contributed by atoms with Gasteiger partial charge in [-0.1, -0.05) is 0 Å². The molecule has 0 radical (unpaired) electrons. The Balaban J connectivity index is 3.00. The number of carbonyl (C=O) groups excluding carboxylic acids is 1. The third-order valence-corrected chi connectivity index (χ3v) is 2.58. The third kappa shape index (κ3) is 2.60. The van der Waals surface area contributed by atoms with E-state index in [2.05, 4.69) is 22.6 Å². The van der Waals surface area contributed by atoms with Gasteiger partial charge in [0, 0.05) is 15.3 Å². The molecule has 2 N–H and O–H groups in total. The minimum atomic E-state index is -0.416. The number of halogens is 1. The zero-order valence-corrected chi connectivity index (χ0v) is 10.4. The summed E-state index contributed by atoms with van der Waals surface area (Å²) in [7, 11) is 0. The number of primary amides is 1. The van der Waals surface area contributed by atoms with Gasteiger partial charge in [-0.05, 0) is 60.7 Å². The highest BCUT2D eigenvalue weighted by Gasteiger charge is 2.15. The van der Waals surface area contributed by atoms with Gasteiger partial charge in [-0.3, -0.25) is 4.90 Å². The monoisotopic (exact) mass is 304 g/mol. The quantitative estimate of drug-likeness (QED) is 0.839. The Kier molecular flexibility index (Phi) is 3.74. The smallest absolute Gasteiger partial charge is 0.319 e. The number of benzene rings is 1. The summed E-state index contributed by atoms with van der Waals surface area (Å²) in [5.74, 6) is 0. The molecule has 0 unspecified atom stereocenters. The molecule has 0 saturated carbocycles. The number of nitrogens with two attached hydrogens (primary N) is 1. The van der Waals surface area contributed by atoms with Gasteiger partial charge in [-0.25, -0.2) is 4.79 Å². The molecule has 76 valence electrons. The number of rotatable bonds is 2. The number of hydrogen-bond acceptors (Lipinski definition) is 1. The van der Waals surface area contributed by atoms with Crippen LogP contribution in [0.25, 0.3) is 0 Å². The van der Waals surface area contributed by atoms with Crippen molar-refractivity contribution in [2.45, 2.75) is 19.9 Å². The van der Waals surface area contributed by atoms with Gasteiger partial charge in [0.1, 0.15) is 0 Å². The lowest BCUT2D eigenvalue weighted by Gasteiger charge is -2.24. The second kappa shape index (κ2) is 4.63. The van der Waals surface area contributed by atoms with Crippen molar-refractivity contribution in [3.8, 4) is 0 Å². The Bertz CT molecular complexity index is 321. The van der Waals surface area contributed by atoms with Gasteiger partial charge in [0.05, 0.1) is 0 Å². The van der Waals surface area contributed by atoms with Crippen molar-refractivity contribution in [1.82, 2.24) is 0 Å². The standard InChI is InChI=1S/C10H13IN2O/c1-7(2)13(10(12)14)9-5-3-8(11)4-6-9/h3-7H,1-2H3,(H2,12,14). The maximum Gasteiger partial charge on any atom is 0.319 e. The predicted octanol–water partition coefficient (Wildman–Crippen LogP) is 2.58. The molecule has 0 aliphatic heterocycles. The van der Waals surface area contributed by atoms with Crippen LogP contribution in [0.2, 0.25) is 0 Å². The minimum absolute atomic E-state index is 0.0764. The van der Waals surface area contributed by atoms with Crippen molar-refractivity contribution in [2.24, 2.45) is 5.73 Å². The molecule has 0 aliphatic rings. The zero-order valence-electron chi connectivity index (χ0n) is 8.20. The van der Waals surface area contributed by atoms with Crippen molar-refractivity contribution in [1.29, 1.82) is 0 Å². The number of carbonyl (C=O) groups is 1. The van der Waals surface area contributed by atoms with E-state index in [1.807, 2.05) is 38.1 Å². The van der Waals surface area contributed by atoms with Crippen LogP contribution in [-0.2, 0) is 0 Å². The highest BCUT2D eigenvalue weighted by atomic mass is 127. The van der Waals surface area contributed by atoms with E-state index in [1.54, 1.807) is 4.90 Å². The number of amides is 2. The van der Waals surface area contributed by atoms with Crippen molar-refractivity contribution in [2.75, 3.05) is 4.90 Å². The lowest BCUT2D eigenvalue weighted by atomic mass is 10.2. The summed E-state index contributed by atoms with van der Waals surface area (Å²) in [5.41, 5.74) is 6.13. The molecule has 0 aliphatic carbocycles. The van der Waals surface area contributed by atoms with Gasteiger partial charge in [0.25, 0.3) is 0 Å². The first-order valence-corrected chi connectivity index (χ1v) is 5.44. The molecule has 1 aromatic carbocycles. The van der Waals surface area contributed by atoms with Gasteiger partial charge in [0.2, 0.25) is 0 Å². The lowest BCUT2D eigenvalue weighted by Crippen LogP contribution is -2.40. The van der Waals surface area contributed by atoms with Crippen LogP contribution in [0.3, 0.4) is 0 Å². The first-order valence-electron chi connectivity index (χ1n) is 4.36. The first-order chi connectivity index (χ1) is 6.52. The number of nitrogens with zero attached hydrogens (tertiary/aromatic N) is 1. The SMILES string of the molecule is CC(C)N(C(N)=O)c1ccc(I)cc1. The Hall–Kier alpha value is -0.780. The highest BCUT2D eigenvalue weighted by Crippen LogP contribution is 2.18. The van der Waals surface area contributed by atoms with E-state index in [1.165, 1.54) is 0 Å². The summed E-state index contributed by atoms with van der Waals surface area (Å²) in [6, 6.07) is 7.36. The van der Waals surface area contributed by atoms with E-state index in [4.69, 9.17) is 5.73 Å². The molecule has 4 heteroatoms. The molecule has 2 amide bonds. The fraction of sp³-hybridized carbons (Fsp3) is 0.300. The minimum Gasteiger partial charge on any atom is -0.351 e. The molecule has 0 spiro atoms. The van der Waals surface area contributed by atoms with Gasteiger partial charge in [0.15, 0.2) is 0 Å². The van der Waals surface area contributed by atoms with Crippen LogP contribution in [0.4, 0.5) is 10.5 Å². The molecule has 1 aromatic rings. The van der Waals surface area contributed by atoms with E-state index < -0.39 is 6.03 Å². The molecule has 14 heavy (non-hydrogen) atoms.